The van der Waals surface area contributed by atoms with E-state index in [1.165, 1.54) is 16.4 Å². The Balaban J connectivity index is 1.45. The summed E-state index contributed by atoms with van der Waals surface area (Å²) in [5, 5.41) is 9.34. The summed E-state index contributed by atoms with van der Waals surface area (Å²) in [6.45, 7) is 3.55. The van der Waals surface area contributed by atoms with Crippen LogP contribution in [0.1, 0.15) is 16.7 Å². The van der Waals surface area contributed by atoms with Crippen LogP contribution < -0.4 is 4.74 Å². The van der Waals surface area contributed by atoms with Crippen molar-refractivity contribution in [2.75, 3.05) is 26.2 Å². The van der Waals surface area contributed by atoms with Crippen molar-refractivity contribution in [3.63, 3.8) is 0 Å². The molecule has 0 unspecified atom stereocenters. The van der Waals surface area contributed by atoms with Gasteiger partial charge in [-0.2, -0.15) is 9.57 Å². The number of amidine groups is 1. The lowest BCUT2D eigenvalue weighted by Crippen LogP contribution is -2.50. The highest BCUT2D eigenvalue weighted by atomic mass is 32.2. The van der Waals surface area contributed by atoms with Crippen LogP contribution in [0, 0.1) is 18.3 Å². The first kappa shape index (κ1) is 21.2. The van der Waals surface area contributed by atoms with Gasteiger partial charge < -0.3 is 9.64 Å². The fraction of sp³-hybridized carbons (Fsp3) is 0.200. The second-order valence-corrected chi connectivity index (χ2v) is 9.91. The number of piperazine rings is 1. The molecule has 33 heavy (non-hydrogen) atoms. The van der Waals surface area contributed by atoms with Crippen molar-refractivity contribution in [1.29, 1.82) is 5.26 Å². The second kappa shape index (κ2) is 8.35. The van der Waals surface area contributed by atoms with Crippen LogP contribution in [0.4, 0.5) is 5.69 Å². The summed E-state index contributed by atoms with van der Waals surface area (Å²) in [6, 6.07) is 22.0. The molecule has 0 spiro atoms. The average molecular weight is 459 g/mol. The smallest absolute Gasteiger partial charge is 0.244 e. The molecule has 3 aromatic rings. The lowest BCUT2D eigenvalue weighted by Gasteiger charge is -2.36. The van der Waals surface area contributed by atoms with Crippen LogP contribution in [0.5, 0.6) is 11.5 Å². The Kier molecular flexibility index (Phi) is 5.36. The maximum Gasteiger partial charge on any atom is 0.244 e. The maximum atomic E-state index is 13.2. The molecule has 0 aromatic heterocycles. The van der Waals surface area contributed by atoms with Gasteiger partial charge in [-0.3, -0.25) is 0 Å². The van der Waals surface area contributed by atoms with Crippen LogP contribution in [0.25, 0.3) is 0 Å². The number of aliphatic imine (C=N–C) groups is 1. The molecule has 166 valence electrons. The number of sulfonamides is 1. The van der Waals surface area contributed by atoms with E-state index in [9.17, 15) is 13.7 Å². The Morgan fingerprint density at radius 2 is 1.67 bits per heavy atom. The Morgan fingerprint density at radius 1 is 0.939 bits per heavy atom. The number of nitriles is 1. The van der Waals surface area contributed by atoms with Gasteiger partial charge in [0.15, 0.2) is 5.75 Å². The molecule has 3 aromatic carbocycles. The van der Waals surface area contributed by atoms with Crippen LogP contribution in [-0.2, 0) is 10.0 Å². The van der Waals surface area contributed by atoms with E-state index < -0.39 is 10.0 Å². The zero-order chi connectivity index (χ0) is 23.0. The lowest BCUT2D eigenvalue weighted by atomic mass is 10.1. The van der Waals surface area contributed by atoms with Crippen molar-refractivity contribution >= 4 is 21.5 Å². The van der Waals surface area contributed by atoms with Crippen molar-refractivity contribution in [3.8, 4) is 17.6 Å². The Morgan fingerprint density at radius 3 is 2.45 bits per heavy atom. The number of fused-ring (bicyclic) bond motifs is 2. The molecule has 0 atom stereocenters. The van der Waals surface area contributed by atoms with E-state index in [0.717, 1.165) is 28.4 Å². The molecule has 0 bridgehead atoms. The topological polar surface area (TPSA) is 86.0 Å². The number of rotatable bonds is 2. The molecule has 2 heterocycles. The highest BCUT2D eigenvalue weighted by molar-refractivity contribution is 7.89. The van der Waals surface area contributed by atoms with E-state index in [1.54, 1.807) is 12.1 Å². The largest absolute Gasteiger partial charge is 0.454 e. The number of nitrogens with zero attached hydrogens (tertiary/aromatic N) is 4. The van der Waals surface area contributed by atoms with Gasteiger partial charge in [-0.15, -0.1) is 0 Å². The molecular formula is C25H22N4O3S. The van der Waals surface area contributed by atoms with Crippen molar-refractivity contribution in [1.82, 2.24) is 9.21 Å². The minimum atomic E-state index is -3.76. The molecule has 8 heteroatoms. The standard InChI is InChI=1S/C25H22N4O3S/c1-18-10-11-21-23(16-18)32-22-8-4-3-7-20(22)25(27-21)28-12-14-29(15-13-28)33(30,31)24-9-5-2-6-19(24)17-26/h2-11,16H,12-15H2,1H3. The summed E-state index contributed by atoms with van der Waals surface area (Å²) < 4.78 is 34.0. The summed E-state index contributed by atoms with van der Waals surface area (Å²) in [4.78, 5) is 7.07. The fourth-order valence-electron chi connectivity index (χ4n) is 4.13. The van der Waals surface area contributed by atoms with E-state index in [-0.39, 0.29) is 10.5 Å². The number of para-hydroxylation sites is 1. The third kappa shape index (κ3) is 3.86. The molecule has 0 radical (unpaired) electrons. The van der Waals surface area contributed by atoms with Crippen molar-refractivity contribution in [3.05, 3.63) is 83.4 Å². The second-order valence-electron chi connectivity index (χ2n) is 8.00. The number of hydrogen-bond donors (Lipinski definition) is 0. The number of aryl methyl sites for hydroxylation is 1. The molecule has 7 nitrogen and oxygen atoms in total. The predicted octanol–water partition coefficient (Wildman–Crippen LogP) is 4.06. The summed E-state index contributed by atoms with van der Waals surface area (Å²) in [6.07, 6.45) is 0. The maximum absolute atomic E-state index is 13.2. The van der Waals surface area contributed by atoms with Gasteiger partial charge in [-0.05, 0) is 48.9 Å². The third-order valence-corrected chi connectivity index (χ3v) is 7.81. The average Bonchev–Trinajstić information content (AvgIpc) is 3.00. The monoisotopic (exact) mass is 458 g/mol. The first-order valence-corrected chi connectivity index (χ1v) is 12.1. The van der Waals surface area contributed by atoms with E-state index in [2.05, 4.69) is 4.90 Å². The molecule has 5 rings (SSSR count). The van der Waals surface area contributed by atoms with Crippen LogP contribution in [0.15, 0.2) is 76.6 Å². The normalized spacial score (nSPS) is 16.0. The molecule has 2 aliphatic heterocycles. The first-order chi connectivity index (χ1) is 16.0. The molecule has 1 saturated heterocycles. The summed E-state index contributed by atoms with van der Waals surface area (Å²) in [5.74, 6) is 2.19. The third-order valence-electron chi connectivity index (χ3n) is 5.85. The van der Waals surface area contributed by atoms with E-state index in [1.807, 2.05) is 55.5 Å². The fourth-order valence-corrected chi connectivity index (χ4v) is 5.70. The Bertz CT molecular complexity index is 1400. The molecule has 0 N–H and O–H groups in total. The summed E-state index contributed by atoms with van der Waals surface area (Å²) >= 11 is 0. The van der Waals surface area contributed by atoms with Gasteiger partial charge >= 0.3 is 0 Å². The molecule has 2 aliphatic rings. The van der Waals surface area contributed by atoms with Crippen molar-refractivity contribution in [2.24, 2.45) is 4.99 Å². The van der Waals surface area contributed by atoms with Gasteiger partial charge in [0, 0.05) is 26.2 Å². The number of ether oxygens (including phenoxy) is 1. The highest BCUT2D eigenvalue weighted by Crippen LogP contribution is 2.38. The number of benzene rings is 3. The van der Waals surface area contributed by atoms with E-state index in [4.69, 9.17) is 9.73 Å². The number of hydrogen-bond acceptors (Lipinski definition) is 6. The van der Waals surface area contributed by atoms with Crippen LogP contribution in [0.2, 0.25) is 0 Å². The zero-order valence-electron chi connectivity index (χ0n) is 18.1. The SMILES string of the molecule is Cc1ccc2c(c1)Oc1ccccc1C(N1CCN(S(=O)(=O)c3ccccc3C#N)CC1)=N2. The van der Waals surface area contributed by atoms with Gasteiger partial charge in [0.05, 0.1) is 16.0 Å². The quantitative estimate of drug-likeness (QED) is 0.578. The van der Waals surface area contributed by atoms with Gasteiger partial charge in [-0.25, -0.2) is 13.4 Å². The van der Waals surface area contributed by atoms with Crippen LogP contribution in [-0.4, -0.2) is 49.6 Å². The molecule has 0 aliphatic carbocycles. The Hall–Kier alpha value is -3.67. The first-order valence-electron chi connectivity index (χ1n) is 10.7. The highest BCUT2D eigenvalue weighted by Gasteiger charge is 2.32. The summed E-state index contributed by atoms with van der Waals surface area (Å²) in [7, 11) is -3.76. The minimum absolute atomic E-state index is 0.0517. The minimum Gasteiger partial charge on any atom is -0.454 e. The van der Waals surface area contributed by atoms with Crippen LogP contribution in [0.3, 0.4) is 0 Å². The zero-order valence-corrected chi connectivity index (χ0v) is 18.9. The Labute approximate surface area is 193 Å². The van der Waals surface area contributed by atoms with E-state index >= 15 is 0 Å². The van der Waals surface area contributed by atoms with Gasteiger partial charge in [0.1, 0.15) is 23.3 Å². The van der Waals surface area contributed by atoms with Gasteiger partial charge in [0.25, 0.3) is 0 Å². The summed E-state index contributed by atoms with van der Waals surface area (Å²) in [5.41, 5.74) is 2.86. The van der Waals surface area contributed by atoms with Crippen LogP contribution >= 0.6 is 0 Å². The van der Waals surface area contributed by atoms with Gasteiger partial charge in [-0.1, -0.05) is 30.3 Å². The van der Waals surface area contributed by atoms with Gasteiger partial charge in [0.2, 0.25) is 10.0 Å². The molecule has 0 amide bonds. The van der Waals surface area contributed by atoms with Crippen molar-refractivity contribution < 1.29 is 13.2 Å². The molecular weight excluding hydrogens is 436 g/mol. The molecule has 0 saturated carbocycles. The predicted molar refractivity (Wildman–Crippen MR) is 125 cm³/mol. The van der Waals surface area contributed by atoms with Crippen molar-refractivity contribution in [2.45, 2.75) is 11.8 Å². The van der Waals surface area contributed by atoms with E-state index in [0.29, 0.717) is 31.9 Å². The lowest BCUT2D eigenvalue weighted by molar-refractivity contribution is 0.266. The molecule has 1 fully saturated rings.